The van der Waals surface area contributed by atoms with Crippen LogP contribution in [0.25, 0.3) is 0 Å². The second kappa shape index (κ2) is 5.63. The maximum atomic E-state index is 13.2. The molecule has 1 saturated heterocycles. The van der Waals surface area contributed by atoms with Crippen molar-refractivity contribution in [3.63, 3.8) is 0 Å². The van der Waals surface area contributed by atoms with Gasteiger partial charge < -0.3 is 10.2 Å². The van der Waals surface area contributed by atoms with E-state index >= 15 is 0 Å². The Morgan fingerprint density at radius 3 is 2.79 bits per heavy atom. The van der Waals surface area contributed by atoms with Gasteiger partial charge in [0.15, 0.2) is 11.6 Å². The molecule has 4 nitrogen and oxygen atoms in total. The first kappa shape index (κ1) is 13.9. The summed E-state index contributed by atoms with van der Waals surface area (Å²) in [5, 5.41) is 3.15. The van der Waals surface area contributed by atoms with Crippen molar-refractivity contribution in [2.75, 3.05) is 38.6 Å². The summed E-state index contributed by atoms with van der Waals surface area (Å²) < 4.78 is 26.1. The predicted molar refractivity (Wildman–Crippen MR) is 69.1 cm³/mol. The van der Waals surface area contributed by atoms with Gasteiger partial charge in [0, 0.05) is 38.4 Å². The number of piperazine rings is 1. The Morgan fingerprint density at radius 1 is 1.42 bits per heavy atom. The number of hydrogen-bond donors (Lipinski definition) is 1. The molecule has 19 heavy (non-hydrogen) atoms. The highest BCUT2D eigenvalue weighted by Crippen LogP contribution is 2.18. The summed E-state index contributed by atoms with van der Waals surface area (Å²) in [5.74, 6) is -2.01. The SMILES string of the molecule is CN(C(=O)C1CNCCN1C)c1ccc(F)c(F)c1. The van der Waals surface area contributed by atoms with Gasteiger partial charge in [-0.2, -0.15) is 0 Å². The van der Waals surface area contributed by atoms with Crippen LogP contribution in [-0.2, 0) is 4.79 Å². The minimum Gasteiger partial charge on any atom is -0.314 e. The number of nitrogens with one attached hydrogen (secondary N) is 1. The number of amides is 1. The van der Waals surface area contributed by atoms with Crippen LogP contribution in [0.1, 0.15) is 0 Å². The summed E-state index contributed by atoms with van der Waals surface area (Å²) in [6.45, 7) is 2.18. The Bertz CT molecular complexity index is 481. The van der Waals surface area contributed by atoms with Gasteiger partial charge in [0.25, 0.3) is 0 Å². The highest BCUT2D eigenvalue weighted by atomic mass is 19.2. The molecular formula is C13H17F2N3O. The average molecular weight is 269 g/mol. The van der Waals surface area contributed by atoms with Gasteiger partial charge in [0.05, 0.1) is 0 Å². The van der Waals surface area contributed by atoms with Gasteiger partial charge in [0.2, 0.25) is 5.91 Å². The number of carbonyl (C=O) groups is 1. The fourth-order valence-corrected chi connectivity index (χ4v) is 2.13. The fourth-order valence-electron chi connectivity index (χ4n) is 2.13. The molecule has 0 bridgehead atoms. The van der Waals surface area contributed by atoms with Crippen molar-refractivity contribution in [2.24, 2.45) is 0 Å². The zero-order valence-corrected chi connectivity index (χ0v) is 11.0. The Morgan fingerprint density at radius 2 is 2.16 bits per heavy atom. The molecule has 1 aromatic rings. The highest BCUT2D eigenvalue weighted by Gasteiger charge is 2.28. The quantitative estimate of drug-likeness (QED) is 0.864. The van der Waals surface area contributed by atoms with Gasteiger partial charge in [0.1, 0.15) is 6.04 Å². The maximum Gasteiger partial charge on any atom is 0.245 e. The number of likely N-dealkylation sites (N-methyl/N-ethyl adjacent to an activating group) is 2. The lowest BCUT2D eigenvalue weighted by Crippen LogP contribution is -2.56. The molecule has 1 fully saturated rings. The van der Waals surface area contributed by atoms with Crippen LogP contribution in [0.3, 0.4) is 0 Å². The molecule has 1 aliphatic heterocycles. The number of anilines is 1. The minimum atomic E-state index is -0.952. The van der Waals surface area contributed by atoms with Gasteiger partial charge >= 0.3 is 0 Å². The van der Waals surface area contributed by atoms with E-state index in [1.165, 1.54) is 11.0 Å². The molecule has 1 aliphatic rings. The summed E-state index contributed by atoms with van der Waals surface area (Å²) in [5.41, 5.74) is 0.350. The van der Waals surface area contributed by atoms with Gasteiger partial charge in [-0.05, 0) is 19.2 Å². The molecule has 2 rings (SSSR count). The van der Waals surface area contributed by atoms with E-state index in [9.17, 15) is 13.6 Å². The lowest BCUT2D eigenvalue weighted by Gasteiger charge is -2.34. The van der Waals surface area contributed by atoms with Crippen LogP contribution >= 0.6 is 0 Å². The van der Waals surface area contributed by atoms with Crippen molar-refractivity contribution in [1.29, 1.82) is 0 Å². The van der Waals surface area contributed by atoms with Crippen LogP contribution in [0, 0.1) is 11.6 Å². The normalized spacial score (nSPS) is 20.3. The van der Waals surface area contributed by atoms with Crippen LogP contribution in [0.5, 0.6) is 0 Å². The number of benzene rings is 1. The van der Waals surface area contributed by atoms with Crippen molar-refractivity contribution >= 4 is 11.6 Å². The van der Waals surface area contributed by atoms with Crippen LogP contribution < -0.4 is 10.2 Å². The molecule has 1 aromatic carbocycles. The van der Waals surface area contributed by atoms with Gasteiger partial charge in [-0.15, -0.1) is 0 Å². The summed E-state index contributed by atoms with van der Waals surface area (Å²) in [7, 11) is 3.44. The molecule has 0 spiro atoms. The molecule has 1 heterocycles. The summed E-state index contributed by atoms with van der Waals surface area (Å²) in [6.07, 6.45) is 0. The zero-order valence-electron chi connectivity index (χ0n) is 11.0. The molecule has 1 N–H and O–H groups in total. The van der Waals surface area contributed by atoms with Gasteiger partial charge in [-0.25, -0.2) is 8.78 Å². The van der Waals surface area contributed by atoms with Crippen molar-refractivity contribution in [1.82, 2.24) is 10.2 Å². The molecule has 1 unspecified atom stereocenters. The standard InChI is InChI=1S/C13H17F2N3O/c1-17-6-5-16-8-12(17)13(19)18(2)9-3-4-10(14)11(15)7-9/h3-4,7,12,16H,5-6,8H2,1-2H3. The number of nitrogens with zero attached hydrogens (tertiary/aromatic N) is 2. The molecule has 6 heteroatoms. The lowest BCUT2D eigenvalue weighted by molar-refractivity contribution is -0.123. The Labute approximate surface area is 111 Å². The number of halogens is 2. The largest absolute Gasteiger partial charge is 0.314 e. The van der Waals surface area contributed by atoms with Crippen LogP contribution in [0.2, 0.25) is 0 Å². The van der Waals surface area contributed by atoms with E-state index in [0.717, 1.165) is 25.2 Å². The molecule has 0 saturated carbocycles. The Kier molecular flexibility index (Phi) is 4.11. The van der Waals surface area contributed by atoms with Crippen molar-refractivity contribution < 1.29 is 13.6 Å². The first-order chi connectivity index (χ1) is 9.00. The first-order valence-corrected chi connectivity index (χ1v) is 6.14. The molecule has 0 aliphatic carbocycles. The van der Waals surface area contributed by atoms with E-state index in [-0.39, 0.29) is 11.9 Å². The second-order valence-corrected chi connectivity index (χ2v) is 4.70. The van der Waals surface area contributed by atoms with Gasteiger partial charge in [-0.1, -0.05) is 0 Å². The van der Waals surface area contributed by atoms with E-state index in [2.05, 4.69) is 5.32 Å². The predicted octanol–water partition coefficient (Wildman–Crippen LogP) is 0.831. The molecular weight excluding hydrogens is 252 g/mol. The molecule has 1 amide bonds. The second-order valence-electron chi connectivity index (χ2n) is 4.70. The van der Waals surface area contributed by atoms with Crippen molar-refractivity contribution in [2.45, 2.75) is 6.04 Å². The highest BCUT2D eigenvalue weighted by molar-refractivity contribution is 5.96. The third-order valence-electron chi connectivity index (χ3n) is 3.42. The smallest absolute Gasteiger partial charge is 0.245 e. The lowest BCUT2D eigenvalue weighted by atomic mass is 10.1. The summed E-state index contributed by atoms with van der Waals surface area (Å²) in [6, 6.07) is 3.17. The Hall–Kier alpha value is -1.53. The minimum absolute atomic E-state index is 0.138. The van der Waals surface area contributed by atoms with Crippen LogP contribution in [0.15, 0.2) is 18.2 Å². The summed E-state index contributed by atoms with van der Waals surface area (Å²) >= 11 is 0. The molecule has 104 valence electrons. The maximum absolute atomic E-state index is 13.2. The number of rotatable bonds is 2. The van der Waals surface area contributed by atoms with Crippen molar-refractivity contribution in [3.05, 3.63) is 29.8 Å². The van der Waals surface area contributed by atoms with Gasteiger partial charge in [-0.3, -0.25) is 9.69 Å². The monoisotopic (exact) mass is 269 g/mol. The van der Waals surface area contributed by atoms with E-state index in [0.29, 0.717) is 12.2 Å². The van der Waals surface area contributed by atoms with Crippen LogP contribution in [-0.4, -0.2) is 50.6 Å². The third-order valence-corrected chi connectivity index (χ3v) is 3.42. The zero-order chi connectivity index (χ0) is 14.0. The fraction of sp³-hybridized carbons (Fsp3) is 0.462. The van der Waals surface area contributed by atoms with E-state index in [1.54, 1.807) is 7.05 Å². The molecule has 0 aromatic heterocycles. The van der Waals surface area contributed by atoms with Crippen molar-refractivity contribution in [3.8, 4) is 0 Å². The average Bonchev–Trinajstić information content (AvgIpc) is 2.41. The number of carbonyl (C=O) groups excluding carboxylic acids is 1. The van der Waals surface area contributed by atoms with E-state index < -0.39 is 11.6 Å². The van der Waals surface area contributed by atoms with Crippen LogP contribution in [0.4, 0.5) is 14.5 Å². The van der Waals surface area contributed by atoms with E-state index in [4.69, 9.17) is 0 Å². The first-order valence-electron chi connectivity index (χ1n) is 6.14. The number of hydrogen-bond acceptors (Lipinski definition) is 3. The van der Waals surface area contributed by atoms with E-state index in [1.807, 2.05) is 11.9 Å². The topological polar surface area (TPSA) is 35.6 Å². The Balaban J connectivity index is 2.15. The molecule has 0 radical (unpaired) electrons. The molecule has 1 atom stereocenters. The third kappa shape index (κ3) is 2.90. The summed E-state index contributed by atoms with van der Waals surface area (Å²) in [4.78, 5) is 15.6.